The molecular formula is C28H31BrClN3O4S. The Morgan fingerprint density at radius 3 is 2.24 bits per heavy atom. The molecule has 0 fully saturated rings. The van der Waals surface area contributed by atoms with Crippen molar-refractivity contribution in [2.24, 2.45) is 0 Å². The second kappa shape index (κ2) is 12.8. The molecule has 0 bridgehead atoms. The molecule has 0 aliphatic heterocycles. The molecule has 0 aliphatic rings. The van der Waals surface area contributed by atoms with Crippen molar-refractivity contribution in [1.82, 2.24) is 10.2 Å². The van der Waals surface area contributed by atoms with Gasteiger partial charge in [-0.1, -0.05) is 63.4 Å². The fraction of sp³-hybridized carbons (Fsp3) is 0.286. The van der Waals surface area contributed by atoms with E-state index in [2.05, 4.69) is 21.2 Å². The molecule has 0 saturated heterocycles. The number of nitrogens with zero attached hydrogens (tertiary/aromatic N) is 2. The van der Waals surface area contributed by atoms with Crippen molar-refractivity contribution >= 4 is 55.1 Å². The van der Waals surface area contributed by atoms with Crippen molar-refractivity contribution in [3.63, 3.8) is 0 Å². The van der Waals surface area contributed by atoms with Gasteiger partial charge in [-0.3, -0.25) is 13.9 Å². The molecule has 0 spiro atoms. The first-order valence-electron chi connectivity index (χ1n) is 12.1. The van der Waals surface area contributed by atoms with Crippen LogP contribution in [0.15, 0.2) is 82.2 Å². The van der Waals surface area contributed by atoms with Crippen molar-refractivity contribution in [1.29, 1.82) is 0 Å². The van der Waals surface area contributed by atoms with E-state index >= 15 is 0 Å². The Kier molecular flexibility index (Phi) is 9.98. The predicted molar refractivity (Wildman–Crippen MR) is 155 cm³/mol. The monoisotopic (exact) mass is 619 g/mol. The zero-order chi connectivity index (χ0) is 28.0. The van der Waals surface area contributed by atoms with Gasteiger partial charge in [0.15, 0.2) is 0 Å². The number of hydrogen-bond acceptors (Lipinski definition) is 4. The minimum atomic E-state index is -4.12. The summed E-state index contributed by atoms with van der Waals surface area (Å²) in [7, 11) is -4.12. The summed E-state index contributed by atoms with van der Waals surface area (Å²) < 4.78 is 29.3. The van der Waals surface area contributed by atoms with Crippen LogP contribution in [0.1, 0.15) is 31.9 Å². The van der Waals surface area contributed by atoms with Crippen LogP contribution < -0.4 is 9.62 Å². The first kappa shape index (κ1) is 29.7. The molecule has 1 atom stereocenters. The van der Waals surface area contributed by atoms with Crippen molar-refractivity contribution < 1.29 is 18.0 Å². The number of halogens is 2. The van der Waals surface area contributed by atoms with Gasteiger partial charge in [0.25, 0.3) is 10.0 Å². The molecule has 3 rings (SSSR count). The normalized spacial score (nSPS) is 12.2. The zero-order valence-electron chi connectivity index (χ0n) is 21.7. The van der Waals surface area contributed by atoms with Gasteiger partial charge in [-0.25, -0.2) is 8.42 Å². The van der Waals surface area contributed by atoms with E-state index in [0.29, 0.717) is 20.7 Å². The number of nitrogens with one attached hydrogen (secondary N) is 1. The van der Waals surface area contributed by atoms with E-state index in [4.69, 9.17) is 11.6 Å². The largest absolute Gasteiger partial charge is 0.352 e. The fourth-order valence-corrected chi connectivity index (χ4v) is 5.82. The van der Waals surface area contributed by atoms with Crippen LogP contribution in [0.2, 0.25) is 5.02 Å². The summed E-state index contributed by atoms with van der Waals surface area (Å²) in [5.41, 5.74) is 1.94. The Labute approximate surface area is 238 Å². The van der Waals surface area contributed by atoms with Gasteiger partial charge in [0.05, 0.1) is 10.6 Å². The van der Waals surface area contributed by atoms with E-state index < -0.39 is 28.5 Å². The maximum atomic E-state index is 13.9. The SMILES string of the molecule is Cc1ccc(S(=O)(=O)N(CC(=O)N(Cc2cccc(Cl)c2)[C@H](C)C(=O)NC(C)C)c2cccc(Br)c2)cc1. The van der Waals surface area contributed by atoms with Crippen LogP contribution >= 0.6 is 27.5 Å². The molecule has 3 aromatic rings. The summed E-state index contributed by atoms with van der Waals surface area (Å²) in [6.07, 6.45) is 0. The Morgan fingerprint density at radius 1 is 0.974 bits per heavy atom. The molecule has 0 unspecified atom stereocenters. The van der Waals surface area contributed by atoms with Gasteiger partial charge in [-0.05, 0) is 75.7 Å². The lowest BCUT2D eigenvalue weighted by molar-refractivity contribution is -0.139. The van der Waals surface area contributed by atoms with E-state index in [-0.39, 0.29) is 23.4 Å². The third-order valence-corrected chi connectivity index (χ3v) is 8.34. The van der Waals surface area contributed by atoms with Crippen LogP contribution in [-0.4, -0.2) is 43.8 Å². The average Bonchev–Trinajstić information content (AvgIpc) is 2.85. The number of sulfonamides is 1. The number of benzene rings is 3. The maximum absolute atomic E-state index is 13.9. The van der Waals surface area contributed by atoms with Crippen LogP contribution in [0.5, 0.6) is 0 Å². The average molecular weight is 621 g/mol. The highest BCUT2D eigenvalue weighted by Crippen LogP contribution is 2.27. The van der Waals surface area contributed by atoms with Crippen molar-refractivity contribution in [3.8, 4) is 0 Å². The van der Waals surface area contributed by atoms with Crippen LogP contribution in [0, 0.1) is 6.92 Å². The summed E-state index contributed by atoms with van der Waals surface area (Å²) in [6, 6.07) is 19.2. The highest BCUT2D eigenvalue weighted by molar-refractivity contribution is 9.10. The molecule has 0 aliphatic carbocycles. The predicted octanol–water partition coefficient (Wildman–Crippen LogP) is 5.55. The Balaban J connectivity index is 2.03. The summed E-state index contributed by atoms with van der Waals surface area (Å²) in [4.78, 5) is 28.2. The molecule has 3 aromatic carbocycles. The third kappa shape index (κ3) is 7.58. The van der Waals surface area contributed by atoms with Crippen LogP contribution in [0.4, 0.5) is 5.69 Å². The molecule has 0 aromatic heterocycles. The van der Waals surface area contributed by atoms with Gasteiger partial charge < -0.3 is 10.2 Å². The summed E-state index contributed by atoms with van der Waals surface area (Å²) in [6.45, 7) is 6.71. The highest BCUT2D eigenvalue weighted by atomic mass is 79.9. The lowest BCUT2D eigenvalue weighted by Gasteiger charge is -2.32. The van der Waals surface area contributed by atoms with E-state index in [9.17, 15) is 18.0 Å². The number of anilines is 1. The van der Waals surface area contributed by atoms with Gasteiger partial charge in [-0.15, -0.1) is 0 Å². The van der Waals surface area contributed by atoms with Crippen LogP contribution in [0.25, 0.3) is 0 Å². The Bertz CT molecular complexity index is 1400. The minimum Gasteiger partial charge on any atom is -0.352 e. The van der Waals surface area contributed by atoms with E-state index in [0.717, 1.165) is 9.87 Å². The smallest absolute Gasteiger partial charge is 0.264 e. The standard InChI is InChI=1S/C28H31BrClN3O4S/c1-19(2)31-28(35)21(4)32(17-22-7-5-9-24(30)15-22)27(34)18-33(25-10-6-8-23(29)16-25)38(36,37)26-13-11-20(3)12-14-26/h5-16,19,21H,17-18H2,1-4H3,(H,31,35)/t21-/m1/s1. The summed E-state index contributed by atoms with van der Waals surface area (Å²) in [5.74, 6) is -0.877. The minimum absolute atomic E-state index is 0.0582. The molecule has 0 heterocycles. The lowest BCUT2D eigenvalue weighted by atomic mass is 10.1. The molecule has 0 radical (unpaired) electrons. The molecule has 38 heavy (non-hydrogen) atoms. The second-order valence-corrected chi connectivity index (χ2v) is 12.5. The van der Waals surface area contributed by atoms with Gasteiger partial charge in [-0.2, -0.15) is 0 Å². The highest BCUT2D eigenvalue weighted by Gasteiger charge is 2.32. The quantitative estimate of drug-likeness (QED) is 0.322. The number of rotatable bonds is 10. The van der Waals surface area contributed by atoms with Gasteiger partial charge >= 0.3 is 0 Å². The first-order valence-corrected chi connectivity index (χ1v) is 14.7. The number of carbonyl (C=O) groups is 2. The topological polar surface area (TPSA) is 86.8 Å². The molecule has 2 amide bonds. The number of amides is 2. The fourth-order valence-electron chi connectivity index (χ4n) is 3.82. The molecule has 0 saturated carbocycles. The van der Waals surface area contributed by atoms with E-state index in [1.165, 1.54) is 17.0 Å². The summed E-state index contributed by atoms with van der Waals surface area (Å²) in [5, 5.41) is 3.32. The maximum Gasteiger partial charge on any atom is 0.264 e. The number of carbonyl (C=O) groups excluding carboxylic acids is 2. The number of hydrogen-bond donors (Lipinski definition) is 1. The van der Waals surface area contributed by atoms with Crippen molar-refractivity contribution in [3.05, 3.63) is 93.4 Å². The Hall–Kier alpha value is -2.88. The van der Waals surface area contributed by atoms with E-state index in [1.807, 2.05) is 20.8 Å². The first-order chi connectivity index (χ1) is 17.9. The van der Waals surface area contributed by atoms with E-state index in [1.54, 1.807) is 67.6 Å². The zero-order valence-corrected chi connectivity index (χ0v) is 24.8. The Morgan fingerprint density at radius 2 is 1.63 bits per heavy atom. The van der Waals surface area contributed by atoms with Crippen LogP contribution in [0.3, 0.4) is 0 Å². The molecular weight excluding hydrogens is 590 g/mol. The third-order valence-electron chi connectivity index (χ3n) is 5.82. The number of aryl methyl sites for hydroxylation is 1. The lowest BCUT2D eigenvalue weighted by Crippen LogP contribution is -2.52. The van der Waals surface area contributed by atoms with Crippen molar-refractivity contribution in [2.75, 3.05) is 10.8 Å². The van der Waals surface area contributed by atoms with Gasteiger partial charge in [0, 0.05) is 22.1 Å². The van der Waals surface area contributed by atoms with Crippen molar-refractivity contribution in [2.45, 2.75) is 51.2 Å². The second-order valence-electron chi connectivity index (χ2n) is 9.30. The molecule has 202 valence electrons. The van der Waals surface area contributed by atoms with Crippen LogP contribution in [-0.2, 0) is 26.2 Å². The van der Waals surface area contributed by atoms with Gasteiger partial charge in [0.2, 0.25) is 11.8 Å². The molecule has 7 nitrogen and oxygen atoms in total. The molecule has 1 N–H and O–H groups in total. The summed E-state index contributed by atoms with van der Waals surface area (Å²) >= 11 is 9.55. The van der Waals surface area contributed by atoms with Gasteiger partial charge in [0.1, 0.15) is 12.6 Å². The molecule has 10 heteroatoms.